The maximum absolute atomic E-state index is 13.8. The summed E-state index contributed by atoms with van der Waals surface area (Å²) in [4.78, 5) is 49.2. The minimum atomic E-state index is -1.32. The summed E-state index contributed by atoms with van der Waals surface area (Å²) in [5.74, 6) is 0.00969. The van der Waals surface area contributed by atoms with Gasteiger partial charge in [0, 0.05) is 42.8 Å². The third-order valence-electron chi connectivity index (χ3n) is 10.3. The topological polar surface area (TPSA) is 103 Å². The van der Waals surface area contributed by atoms with Crippen LogP contribution >= 0.6 is 0 Å². The lowest BCUT2D eigenvalue weighted by Gasteiger charge is -2.39. The molecule has 1 amide bonds. The summed E-state index contributed by atoms with van der Waals surface area (Å²) >= 11 is 0. The predicted molar refractivity (Wildman–Crippen MR) is 165 cm³/mol. The van der Waals surface area contributed by atoms with Crippen LogP contribution in [0.4, 0.5) is 4.79 Å². The first kappa shape index (κ1) is 29.0. The number of aromatic nitrogens is 2. The number of ether oxygens (including phenoxy) is 3. The van der Waals surface area contributed by atoms with E-state index in [-0.39, 0.29) is 18.3 Å². The summed E-state index contributed by atoms with van der Waals surface area (Å²) < 4.78 is 18.7. The van der Waals surface area contributed by atoms with E-state index < -0.39 is 11.6 Å². The van der Waals surface area contributed by atoms with E-state index in [0.717, 1.165) is 40.6 Å². The molecule has 1 atom stereocenters. The zero-order valence-electron chi connectivity index (χ0n) is 25.8. The fraction of sp³-hybridized carbons (Fsp3) is 0.529. The van der Waals surface area contributed by atoms with Gasteiger partial charge < -0.3 is 28.6 Å². The molecule has 0 aliphatic carbocycles. The van der Waals surface area contributed by atoms with E-state index in [1.165, 1.54) is 39.5 Å². The zero-order valence-corrected chi connectivity index (χ0v) is 25.8. The number of hydrogen-bond donors (Lipinski definition) is 0. The van der Waals surface area contributed by atoms with Gasteiger partial charge in [0.25, 0.3) is 5.56 Å². The monoisotopic (exact) mass is 600 g/mol. The van der Waals surface area contributed by atoms with E-state index in [4.69, 9.17) is 19.2 Å². The Hall–Kier alpha value is -3.76. The highest BCUT2D eigenvalue weighted by molar-refractivity contribution is 5.90. The summed E-state index contributed by atoms with van der Waals surface area (Å²) in [6, 6.07) is 8.01. The van der Waals surface area contributed by atoms with Gasteiger partial charge in [-0.15, -0.1) is 0 Å². The summed E-state index contributed by atoms with van der Waals surface area (Å²) in [5.41, 5.74) is 3.69. The average Bonchev–Trinajstić information content (AvgIpc) is 3.43. The van der Waals surface area contributed by atoms with Gasteiger partial charge in [-0.1, -0.05) is 20.3 Å². The Labute approximate surface area is 256 Å². The molecule has 0 bridgehead atoms. The molecule has 2 fully saturated rings. The van der Waals surface area contributed by atoms with E-state index in [1.54, 1.807) is 10.6 Å². The highest BCUT2D eigenvalue weighted by Crippen LogP contribution is 2.42. The smallest absolute Gasteiger partial charge is 0.415 e. The second-order valence-electron chi connectivity index (χ2n) is 12.4. The third-order valence-corrected chi connectivity index (χ3v) is 10.3. The van der Waals surface area contributed by atoms with E-state index in [1.807, 2.05) is 30.0 Å². The van der Waals surface area contributed by atoms with Crippen LogP contribution in [0.1, 0.15) is 74.6 Å². The lowest BCUT2D eigenvalue weighted by atomic mass is 9.85. The molecule has 2 saturated heterocycles. The fourth-order valence-corrected chi connectivity index (χ4v) is 7.80. The first-order valence-electron chi connectivity index (χ1n) is 16.0. The number of likely N-dealkylation sites (tertiary alicyclic amines) is 2. The number of benzene rings is 1. The number of carbonyl (C=O) groups is 2. The summed E-state index contributed by atoms with van der Waals surface area (Å²) in [5, 5.41) is 0.907. The van der Waals surface area contributed by atoms with Gasteiger partial charge in [-0.25, -0.2) is 14.6 Å². The van der Waals surface area contributed by atoms with Crippen molar-refractivity contribution < 1.29 is 23.8 Å². The van der Waals surface area contributed by atoms with Crippen molar-refractivity contribution in [1.29, 1.82) is 0 Å². The van der Waals surface area contributed by atoms with Crippen molar-refractivity contribution in [3.63, 3.8) is 0 Å². The molecule has 2 aromatic heterocycles. The molecule has 0 spiro atoms. The number of esters is 1. The Balaban J connectivity index is 1.17. The summed E-state index contributed by atoms with van der Waals surface area (Å²) in [6.45, 7) is 7.99. The van der Waals surface area contributed by atoms with Crippen LogP contribution in [-0.2, 0) is 39.4 Å². The SMILES string of the molecule is CCc1c2c(nc3ccc(OC(=O)N4CCC(N5CCCCC5)CC4)cc13)-c1cc3c(c(=O)n1C2)COC(=O)C3(CC)OC. The molecule has 10 nitrogen and oxygen atoms in total. The molecule has 3 aromatic rings. The van der Waals surface area contributed by atoms with E-state index in [0.29, 0.717) is 61.1 Å². The molecule has 0 N–H and O–H groups in total. The number of rotatable bonds is 5. The maximum atomic E-state index is 13.8. The van der Waals surface area contributed by atoms with Crippen molar-refractivity contribution in [2.75, 3.05) is 33.3 Å². The Morgan fingerprint density at radius 1 is 1.05 bits per heavy atom. The van der Waals surface area contributed by atoms with Crippen LogP contribution in [0.15, 0.2) is 29.1 Å². The average molecular weight is 601 g/mol. The number of pyridine rings is 2. The van der Waals surface area contributed by atoms with Gasteiger partial charge in [-0.05, 0) is 81.4 Å². The molecule has 4 aliphatic heterocycles. The van der Waals surface area contributed by atoms with E-state index in [9.17, 15) is 14.4 Å². The third kappa shape index (κ3) is 4.53. The molecule has 4 aliphatic rings. The van der Waals surface area contributed by atoms with Crippen LogP contribution in [0.25, 0.3) is 22.3 Å². The van der Waals surface area contributed by atoms with Gasteiger partial charge in [-0.3, -0.25) is 4.79 Å². The fourth-order valence-electron chi connectivity index (χ4n) is 7.80. The van der Waals surface area contributed by atoms with Crippen molar-refractivity contribution in [1.82, 2.24) is 19.4 Å². The quantitative estimate of drug-likeness (QED) is 0.303. The van der Waals surface area contributed by atoms with Gasteiger partial charge >= 0.3 is 12.1 Å². The number of aryl methyl sites for hydroxylation is 1. The van der Waals surface area contributed by atoms with Crippen molar-refractivity contribution in [3.8, 4) is 17.1 Å². The number of amides is 1. The van der Waals surface area contributed by atoms with Gasteiger partial charge in [0.1, 0.15) is 12.4 Å². The van der Waals surface area contributed by atoms with Crippen molar-refractivity contribution in [2.24, 2.45) is 0 Å². The van der Waals surface area contributed by atoms with Crippen molar-refractivity contribution >= 4 is 23.0 Å². The normalized spacial score (nSPS) is 22.0. The van der Waals surface area contributed by atoms with Gasteiger partial charge in [0.2, 0.25) is 0 Å². The van der Waals surface area contributed by atoms with Gasteiger partial charge in [-0.2, -0.15) is 0 Å². The first-order valence-corrected chi connectivity index (χ1v) is 16.0. The number of cyclic esters (lactones) is 1. The number of fused-ring (bicyclic) bond motifs is 5. The van der Waals surface area contributed by atoms with Crippen LogP contribution in [0.2, 0.25) is 0 Å². The largest absolute Gasteiger partial charge is 0.458 e. The molecule has 6 heterocycles. The second-order valence-corrected chi connectivity index (χ2v) is 12.4. The number of hydrogen-bond acceptors (Lipinski definition) is 8. The number of carbonyl (C=O) groups excluding carboxylic acids is 2. The van der Waals surface area contributed by atoms with Crippen molar-refractivity contribution in [3.05, 3.63) is 56.9 Å². The molecule has 1 aromatic carbocycles. The van der Waals surface area contributed by atoms with Crippen LogP contribution in [0, 0.1) is 0 Å². The minimum absolute atomic E-state index is 0.0740. The molecule has 0 radical (unpaired) electrons. The first-order chi connectivity index (χ1) is 21.4. The molecule has 10 heteroatoms. The highest BCUT2D eigenvalue weighted by Gasteiger charge is 2.47. The molecule has 44 heavy (non-hydrogen) atoms. The van der Waals surface area contributed by atoms with E-state index >= 15 is 0 Å². The molecular formula is C34H40N4O6. The van der Waals surface area contributed by atoms with Crippen LogP contribution < -0.4 is 10.3 Å². The van der Waals surface area contributed by atoms with Crippen LogP contribution in [-0.4, -0.2) is 70.7 Å². The number of methoxy groups -OCH3 is 1. The zero-order chi connectivity index (χ0) is 30.6. The lowest BCUT2D eigenvalue weighted by molar-refractivity contribution is -0.176. The molecule has 0 saturated carbocycles. The van der Waals surface area contributed by atoms with Crippen LogP contribution in [0.3, 0.4) is 0 Å². The molecule has 1 unspecified atom stereocenters. The Morgan fingerprint density at radius 2 is 1.82 bits per heavy atom. The Bertz CT molecular complexity index is 1700. The predicted octanol–water partition coefficient (Wildman–Crippen LogP) is 4.75. The van der Waals surface area contributed by atoms with Crippen LogP contribution in [0.5, 0.6) is 5.75 Å². The maximum Gasteiger partial charge on any atom is 0.415 e. The second kappa shape index (κ2) is 11.3. The summed E-state index contributed by atoms with van der Waals surface area (Å²) in [6.07, 6.45) is 6.58. The number of nitrogens with zero attached hydrogens (tertiary/aromatic N) is 4. The Kier molecular flexibility index (Phi) is 7.45. The van der Waals surface area contributed by atoms with Gasteiger partial charge in [0.05, 0.1) is 29.0 Å². The number of piperidine rings is 2. The van der Waals surface area contributed by atoms with E-state index in [2.05, 4.69) is 11.8 Å². The minimum Gasteiger partial charge on any atom is -0.458 e. The standard InChI is InChI=1S/C34H40N4O6/c1-4-23-24-17-22(44-33(41)37-15-11-21(12-16-37)36-13-7-6-8-14-36)9-10-28(24)35-30-25(23)19-38-29(30)18-27-26(31(38)39)20-43-32(40)34(27,5-2)42-3/h9-10,17-18,21H,4-8,11-16,19-20H2,1-3H3. The molecule has 7 rings (SSSR count). The Morgan fingerprint density at radius 3 is 2.52 bits per heavy atom. The van der Waals surface area contributed by atoms with Crippen molar-refractivity contribution in [2.45, 2.75) is 83.6 Å². The molecular weight excluding hydrogens is 560 g/mol. The molecule has 232 valence electrons. The highest BCUT2D eigenvalue weighted by atomic mass is 16.6. The summed E-state index contributed by atoms with van der Waals surface area (Å²) in [7, 11) is 1.47. The lowest BCUT2D eigenvalue weighted by Crippen LogP contribution is -2.48. The van der Waals surface area contributed by atoms with Gasteiger partial charge in [0.15, 0.2) is 5.60 Å².